The molecule has 1 aromatic heterocycles. The third-order valence-corrected chi connectivity index (χ3v) is 6.57. The number of hydrogen-bond donors (Lipinski definition) is 2. The van der Waals surface area contributed by atoms with E-state index in [-0.39, 0.29) is 22.6 Å². The molecule has 0 unspecified atom stereocenters. The molecule has 1 aliphatic carbocycles. The summed E-state index contributed by atoms with van der Waals surface area (Å²) in [6.45, 7) is 2.21. The van der Waals surface area contributed by atoms with E-state index < -0.39 is 10.0 Å². The van der Waals surface area contributed by atoms with Gasteiger partial charge in [-0.25, -0.2) is 13.6 Å². The van der Waals surface area contributed by atoms with E-state index in [0.717, 1.165) is 35.0 Å². The first-order valence-electron chi connectivity index (χ1n) is 7.29. The van der Waals surface area contributed by atoms with Gasteiger partial charge in [-0.1, -0.05) is 13.3 Å². The number of carbonyl (C=O) groups excluding carboxylic acids is 1. The summed E-state index contributed by atoms with van der Waals surface area (Å²) in [5, 5.41) is 8.11. The number of amides is 1. The second-order valence-corrected chi connectivity index (χ2v) is 8.59. The summed E-state index contributed by atoms with van der Waals surface area (Å²) in [4.78, 5) is 12.7. The molecule has 1 aromatic rings. The summed E-state index contributed by atoms with van der Waals surface area (Å²) in [5.74, 6) is 0.755. The molecular formula is C14H22N2O3S2. The summed E-state index contributed by atoms with van der Waals surface area (Å²) < 4.78 is 22.5. The van der Waals surface area contributed by atoms with E-state index in [1.54, 1.807) is 6.07 Å². The van der Waals surface area contributed by atoms with Gasteiger partial charge in [0.1, 0.15) is 4.21 Å². The summed E-state index contributed by atoms with van der Waals surface area (Å²) in [6, 6.07) is 3.37. The first-order chi connectivity index (χ1) is 9.88. The molecular weight excluding hydrogens is 308 g/mol. The molecule has 118 valence electrons. The Morgan fingerprint density at radius 1 is 1.33 bits per heavy atom. The van der Waals surface area contributed by atoms with Crippen molar-refractivity contribution in [3.63, 3.8) is 0 Å². The molecule has 1 amide bonds. The van der Waals surface area contributed by atoms with Crippen LogP contribution in [0, 0.1) is 5.92 Å². The largest absolute Gasteiger partial charge is 0.353 e. The summed E-state index contributed by atoms with van der Waals surface area (Å²) in [5.41, 5.74) is 0. The van der Waals surface area contributed by atoms with E-state index in [0.29, 0.717) is 0 Å². The van der Waals surface area contributed by atoms with Gasteiger partial charge in [0.15, 0.2) is 0 Å². The summed E-state index contributed by atoms with van der Waals surface area (Å²) >= 11 is 1.06. The van der Waals surface area contributed by atoms with Crippen molar-refractivity contribution in [1.82, 2.24) is 5.32 Å². The molecule has 7 heteroatoms. The normalized spacial score (nSPS) is 23.0. The quantitative estimate of drug-likeness (QED) is 0.865. The van der Waals surface area contributed by atoms with E-state index in [2.05, 4.69) is 12.2 Å². The van der Waals surface area contributed by atoms with E-state index in [9.17, 15) is 13.2 Å². The van der Waals surface area contributed by atoms with Crippen molar-refractivity contribution in [2.75, 3.05) is 0 Å². The van der Waals surface area contributed by atoms with Crippen molar-refractivity contribution in [3.05, 3.63) is 17.0 Å². The molecule has 0 atom stereocenters. The molecule has 1 saturated carbocycles. The zero-order valence-electron chi connectivity index (χ0n) is 12.2. The number of hydrogen-bond acceptors (Lipinski definition) is 4. The highest BCUT2D eigenvalue weighted by Gasteiger charge is 2.21. The van der Waals surface area contributed by atoms with Crippen molar-refractivity contribution >= 4 is 27.3 Å². The van der Waals surface area contributed by atoms with Crippen LogP contribution in [0.5, 0.6) is 0 Å². The number of thiophene rings is 1. The number of nitrogens with two attached hydrogens (primary N) is 1. The molecule has 0 aromatic carbocycles. The van der Waals surface area contributed by atoms with Crippen LogP contribution in [0.1, 0.15) is 43.9 Å². The maximum atomic E-state index is 12.0. The molecule has 5 nitrogen and oxygen atoms in total. The molecule has 3 N–H and O–H groups in total. The van der Waals surface area contributed by atoms with Crippen LogP contribution in [0.15, 0.2) is 16.3 Å². The maximum Gasteiger partial charge on any atom is 0.247 e. The minimum Gasteiger partial charge on any atom is -0.353 e. The maximum absolute atomic E-state index is 12.0. The second kappa shape index (κ2) is 6.89. The lowest BCUT2D eigenvalue weighted by Gasteiger charge is -2.28. The van der Waals surface area contributed by atoms with Gasteiger partial charge >= 0.3 is 0 Å². The minimum atomic E-state index is -3.67. The van der Waals surface area contributed by atoms with E-state index in [1.807, 2.05) is 0 Å². The Labute approximate surface area is 130 Å². The van der Waals surface area contributed by atoms with Crippen LogP contribution in [-0.2, 0) is 21.2 Å². The van der Waals surface area contributed by atoms with Crippen LogP contribution in [0.3, 0.4) is 0 Å². The number of nitrogens with one attached hydrogen (secondary N) is 1. The Bertz CT molecular complexity index is 587. The fourth-order valence-corrected chi connectivity index (χ4v) is 4.54. The number of sulfonamides is 1. The second-order valence-electron chi connectivity index (χ2n) is 5.64. The van der Waals surface area contributed by atoms with Gasteiger partial charge in [-0.2, -0.15) is 0 Å². The van der Waals surface area contributed by atoms with Crippen LogP contribution in [0.2, 0.25) is 0 Å². The lowest BCUT2D eigenvalue weighted by atomic mass is 9.84. The van der Waals surface area contributed by atoms with Crippen molar-refractivity contribution in [3.8, 4) is 0 Å². The molecule has 1 fully saturated rings. The van der Waals surface area contributed by atoms with Crippen molar-refractivity contribution in [1.29, 1.82) is 0 Å². The third-order valence-electron chi connectivity index (χ3n) is 4.04. The average Bonchev–Trinajstić information content (AvgIpc) is 2.88. The van der Waals surface area contributed by atoms with Gasteiger partial charge in [-0.3, -0.25) is 4.79 Å². The Morgan fingerprint density at radius 3 is 2.52 bits per heavy atom. The van der Waals surface area contributed by atoms with Crippen LogP contribution in [-0.4, -0.2) is 20.4 Å². The van der Waals surface area contributed by atoms with Crippen molar-refractivity contribution in [2.24, 2.45) is 11.1 Å². The summed E-state index contributed by atoms with van der Waals surface area (Å²) in [7, 11) is -3.67. The molecule has 21 heavy (non-hydrogen) atoms. The Morgan fingerprint density at radius 2 is 2.00 bits per heavy atom. The molecule has 0 spiro atoms. The van der Waals surface area contributed by atoms with Crippen molar-refractivity contribution in [2.45, 2.75) is 55.7 Å². The topological polar surface area (TPSA) is 89.3 Å². The lowest BCUT2D eigenvalue weighted by molar-refractivity contribution is -0.121. The monoisotopic (exact) mass is 330 g/mol. The van der Waals surface area contributed by atoms with E-state index >= 15 is 0 Å². The van der Waals surface area contributed by atoms with Crippen LogP contribution in [0.25, 0.3) is 0 Å². The van der Waals surface area contributed by atoms with Gasteiger partial charge in [0, 0.05) is 10.9 Å². The Hall–Kier alpha value is -0.920. The van der Waals surface area contributed by atoms with Gasteiger partial charge in [-0.15, -0.1) is 11.3 Å². The fourth-order valence-electron chi connectivity index (χ4n) is 2.76. The lowest BCUT2D eigenvalue weighted by Crippen LogP contribution is -2.38. The SMILES string of the molecule is CCC1CCC(NC(=O)Cc2ccc(S(N)(=O)=O)s2)CC1. The predicted molar refractivity (Wildman–Crippen MR) is 83.6 cm³/mol. The zero-order chi connectivity index (χ0) is 15.5. The highest BCUT2D eigenvalue weighted by Crippen LogP contribution is 2.26. The van der Waals surface area contributed by atoms with Gasteiger partial charge in [0.05, 0.1) is 6.42 Å². The highest BCUT2D eigenvalue weighted by molar-refractivity contribution is 7.91. The highest BCUT2D eigenvalue weighted by atomic mass is 32.2. The fraction of sp³-hybridized carbons (Fsp3) is 0.643. The van der Waals surface area contributed by atoms with Crippen LogP contribution < -0.4 is 10.5 Å². The first-order valence-corrected chi connectivity index (χ1v) is 9.65. The van der Waals surface area contributed by atoms with Crippen LogP contribution >= 0.6 is 11.3 Å². The molecule has 0 bridgehead atoms. The number of carbonyl (C=O) groups is 1. The van der Waals surface area contributed by atoms with E-state index in [1.165, 1.54) is 25.3 Å². The van der Waals surface area contributed by atoms with Crippen LogP contribution in [0.4, 0.5) is 0 Å². The first kappa shape index (κ1) is 16.5. The number of primary sulfonamides is 1. The zero-order valence-corrected chi connectivity index (χ0v) is 13.8. The predicted octanol–water partition coefficient (Wildman–Crippen LogP) is 2.02. The van der Waals surface area contributed by atoms with Gasteiger partial charge < -0.3 is 5.32 Å². The third kappa shape index (κ3) is 4.79. The van der Waals surface area contributed by atoms with Gasteiger partial charge in [0.2, 0.25) is 15.9 Å². The minimum absolute atomic E-state index is 0.0437. The van der Waals surface area contributed by atoms with Gasteiger partial charge in [0.25, 0.3) is 0 Å². The van der Waals surface area contributed by atoms with E-state index in [4.69, 9.17) is 5.14 Å². The average molecular weight is 330 g/mol. The molecule has 1 heterocycles. The number of rotatable bonds is 5. The molecule has 2 rings (SSSR count). The molecule has 0 aliphatic heterocycles. The Kier molecular flexibility index (Phi) is 5.40. The van der Waals surface area contributed by atoms with Gasteiger partial charge in [-0.05, 0) is 43.7 Å². The molecule has 1 aliphatic rings. The van der Waals surface area contributed by atoms with Crippen molar-refractivity contribution < 1.29 is 13.2 Å². The smallest absolute Gasteiger partial charge is 0.247 e. The molecule has 0 radical (unpaired) electrons. The molecule has 0 saturated heterocycles. The standard InChI is InChI=1S/C14H22N2O3S2/c1-2-10-3-5-11(6-4-10)16-13(17)9-12-7-8-14(20-12)21(15,18)19/h7-8,10-11H,2-6,9H2,1H3,(H,16,17)(H2,15,18,19). The summed E-state index contributed by atoms with van der Waals surface area (Å²) in [6.07, 6.45) is 5.86. The Balaban J connectivity index is 1.84.